The Hall–Kier alpha value is -1.08. The lowest BCUT2D eigenvalue weighted by atomic mass is 9.95. The van der Waals surface area contributed by atoms with Crippen molar-refractivity contribution in [2.24, 2.45) is 5.92 Å². The molecule has 166 valence electrons. The number of benzene rings is 1. The van der Waals surface area contributed by atoms with Gasteiger partial charge < -0.3 is 14.4 Å². The standard InChI is InChI=1S/C24H36N2O3S/c1-18-14-25(15-19(2)29-18)16-20-9-11-26(12-10-20)24(27)22-7-3-4-8-23(22)30-17-21-6-5-13-28-21/h3-4,7-8,18-21H,5-6,9-17H2,1-2H3. The van der Waals surface area contributed by atoms with Crippen LogP contribution in [0.1, 0.15) is 49.9 Å². The lowest BCUT2D eigenvalue weighted by Gasteiger charge is -2.39. The molecule has 3 atom stereocenters. The molecule has 1 amide bonds. The van der Waals surface area contributed by atoms with E-state index < -0.39 is 0 Å². The van der Waals surface area contributed by atoms with Crippen LogP contribution in [0, 0.1) is 5.92 Å². The molecule has 0 radical (unpaired) electrons. The topological polar surface area (TPSA) is 42.0 Å². The van der Waals surface area contributed by atoms with Crippen LogP contribution in [0.15, 0.2) is 29.2 Å². The summed E-state index contributed by atoms with van der Waals surface area (Å²) in [4.78, 5) is 19.0. The zero-order valence-corrected chi connectivity index (χ0v) is 19.2. The summed E-state index contributed by atoms with van der Waals surface area (Å²) in [7, 11) is 0. The largest absolute Gasteiger partial charge is 0.377 e. The molecule has 3 unspecified atom stereocenters. The maximum absolute atomic E-state index is 13.3. The van der Waals surface area contributed by atoms with Crippen LogP contribution in [-0.4, -0.2) is 79.1 Å². The highest BCUT2D eigenvalue weighted by atomic mass is 32.2. The zero-order valence-electron chi connectivity index (χ0n) is 18.4. The number of thioether (sulfide) groups is 1. The Labute approximate surface area is 185 Å². The minimum Gasteiger partial charge on any atom is -0.377 e. The number of morpholine rings is 1. The summed E-state index contributed by atoms with van der Waals surface area (Å²) in [5.74, 6) is 1.80. The number of carbonyl (C=O) groups is 1. The Morgan fingerprint density at radius 1 is 1.10 bits per heavy atom. The molecule has 6 heteroatoms. The molecular formula is C24H36N2O3S. The van der Waals surface area contributed by atoms with Gasteiger partial charge >= 0.3 is 0 Å². The number of piperidine rings is 1. The van der Waals surface area contributed by atoms with Gasteiger partial charge in [-0.3, -0.25) is 9.69 Å². The summed E-state index contributed by atoms with van der Waals surface area (Å²) in [5.41, 5.74) is 0.856. The molecule has 0 aromatic heterocycles. The van der Waals surface area contributed by atoms with Crippen LogP contribution in [0.25, 0.3) is 0 Å². The van der Waals surface area contributed by atoms with E-state index in [1.807, 2.05) is 18.2 Å². The lowest BCUT2D eigenvalue weighted by molar-refractivity contribution is -0.0728. The molecule has 0 N–H and O–H groups in total. The molecule has 30 heavy (non-hydrogen) atoms. The molecule has 3 aliphatic rings. The number of carbonyl (C=O) groups excluding carboxylic acids is 1. The summed E-state index contributed by atoms with van der Waals surface area (Å²) in [6, 6.07) is 8.09. The second-order valence-corrected chi connectivity index (χ2v) is 10.2. The molecule has 3 aliphatic heterocycles. The van der Waals surface area contributed by atoms with Crippen LogP contribution in [0.5, 0.6) is 0 Å². The Kier molecular flexibility index (Phi) is 7.74. The van der Waals surface area contributed by atoms with Crippen molar-refractivity contribution in [3.8, 4) is 0 Å². The Balaban J connectivity index is 1.29. The monoisotopic (exact) mass is 432 g/mol. The second-order valence-electron chi connectivity index (χ2n) is 9.15. The van der Waals surface area contributed by atoms with Crippen LogP contribution in [0.2, 0.25) is 0 Å². The van der Waals surface area contributed by atoms with Crippen molar-refractivity contribution in [3.05, 3.63) is 29.8 Å². The summed E-state index contributed by atoms with van der Waals surface area (Å²) in [6.07, 6.45) is 5.45. The number of hydrogen-bond acceptors (Lipinski definition) is 5. The van der Waals surface area contributed by atoms with E-state index >= 15 is 0 Å². The van der Waals surface area contributed by atoms with Crippen LogP contribution < -0.4 is 0 Å². The normalized spacial score (nSPS) is 28.7. The number of likely N-dealkylation sites (tertiary alicyclic amines) is 1. The second kappa shape index (κ2) is 10.5. The van der Waals surface area contributed by atoms with Gasteiger partial charge in [0.2, 0.25) is 0 Å². The van der Waals surface area contributed by atoms with Crippen molar-refractivity contribution in [1.29, 1.82) is 0 Å². The van der Waals surface area contributed by atoms with Gasteiger partial charge in [-0.2, -0.15) is 0 Å². The van der Waals surface area contributed by atoms with Gasteiger partial charge in [0.25, 0.3) is 5.91 Å². The van der Waals surface area contributed by atoms with Gasteiger partial charge in [0, 0.05) is 50.0 Å². The van der Waals surface area contributed by atoms with E-state index in [-0.39, 0.29) is 5.91 Å². The first kappa shape index (κ1) is 22.1. The summed E-state index contributed by atoms with van der Waals surface area (Å²) in [6.45, 7) is 10.1. The molecule has 5 nitrogen and oxygen atoms in total. The number of rotatable bonds is 6. The number of ether oxygens (including phenoxy) is 2. The third kappa shape index (κ3) is 5.78. The average Bonchev–Trinajstić information content (AvgIpc) is 3.25. The molecule has 0 saturated carbocycles. The van der Waals surface area contributed by atoms with Crippen LogP contribution in [0.3, 0.4) is 0 Å². The van der Waals surface area contributed by atoms with E-state index in [4.69, 9.17) is 9.47 Å². The van der Waals surface area contributed by atoms with Gasteiger partial charge in [-0.15, -0.1) is 11.8 Å². The van der Waals surface area contributed by atoms with Gasteiger partial charge in [0.05, 0.1) is 23.9 Å². The predicted octanol–water partition coefficient (Wildman–Crippen LogP) is 3.92. The fraction of sp³-hybridized carbons (Fsp3) is 0.708. The van der Waals surface area contributed by atoms with Crippen LogP contribution in [0.4, 0.5) is 0 Å². The van der Waals surface area contributed by atoms with Gasteiger partial charge in [-0.1, -0.05) is 12.1 Å². The maximum Gasteiger partial charge on any atom is 0.254 e. The first-order chi connectivity index (χ1) is 14.6. The molecule has 3 fully saturated rings. The highest BCUT2D eigenvalue weighted by Crippen LogP contribution is 2.29. The first-order valence-electron chi connectivity index (χ1n) is 11.6. The lowest BCUT2D eigenvalue weighted by Crippen LogP contribution is -2.48. The smallest absolute Gasteiger partial charge is 0.254 e. The van der Waals surface area contributed by atoms with Crippen molar-refractivity contribution in [2.45, 2.75) is 62.7 Å². The maximum atomic E-state index is 13.3. The van der Waals surface area contributed by atoms with E-state index in [9.17, 15) is 4.79 Å². The summed E-state index contributed by atoms with van der Waals surface area (Å²) >= 11 is 1.77. The number of amides is 1. The fourth-order valence-corrected chi connectivity index (χ4v) is 6.13. The van der Waals surface area contributed by atoms with Crippen molar-refractivity contribution in [2.75, 3.05) is 45.1 Å². The molecule has 3 saturated heterocycles. The van der Waals surface area contributed by atoms with E-state index in [0.717, 1.165) is 81.2 Å². The number of hydrogen-bond donors (Lipinski definition) is 0. The predicted molar refractivity (Wildman–Crippen MR) is 121 cm³/mol. The van der Waals surface area contributed by atoms with Gasteiger partial charge in [0.15, 0.2) is 0 Å². The molecule has 0 bridgehead atoms. The number of nitrogens with zero attached hydrogens (tertiary/aromatic N) is 2. The molecule has 3 heterocycles. The first-order valence-corrected chi connectivity index (χ1v) is 12.6. The molecular weight excluding hydrogens is 396 g/mol. The molecule has 1 aromatic rings. The quantitative estimate of drug-likeness (QED) is 0.638. The summed E-state index contributed by atoms with van der Waals surface area (Å²) < 4.78 is 11.6. The molecule has 1 aromatic carbocycles. The van der Waals surface area contributed by atoms with Crippen LogP contribution >= 0.6 is 11.8 Å². The Morgan fingerprint density at radius 2 is 1.83 bits per heavy atom. The van der Waals surface area contributed by atoms with Gasteiger partial charge in [0.1, 0.15) is 0 Å². The van der Waals surface area contributed by atoms with Gasteiger partial charge in [-0.05, 0) is 57.6 Å². The minimum atomic E-state index is 0.192. The fourth-order valence-electron chi connectivity index (χ4n) is 5.02. The summed E-state index contributed by atoms with van der Waals surface area (Å²) in [5, 5.41) is 0. The van der Waals surface area contributed by atoms with Crippen molar-refractivity contribution in [1.82, 2.24) is 9.80 Å². The Bertz CT molecular complexity index is 691. The highest BCUT2D eigenvalue weighted by Gasteiger charge is 2.29. The third-order valence-corrected chi connectivity index (χ3v) is 7.69. The van der Waals surface area contributed by atoms with Crippen molar-refractivity contribution < 1.29 is 14.3 Å². The van der Waals surface area contributed by atoms with E-state index in [2.05, 4.69) is 29.7 Å². The zero-order chi connectivity index (χ0) is 20.9. The van der Waals surface area contributed by atoms with Crippen LogP contribution in [-0.2, 0) is 9.47 Å². The van der Waals surface area contributed by atoms with Crippen molar-refractivity contribution in [3.63, 3.8) is 0 Å². The minimum absolute atomic E-state index is 0.192. The Morgan fingerprint density at radius 3 is 2.53 bits per heavy atom. The highest BCUT2D eigenvalue weighted by molar-refractivity contribution is 7.99. The van der Waals surface area contributed by atoms with E-state index in [1.54, 1.807) is 11.8 Å². The van der Waals surface area contributed by atoms with Crippen molar-refractivity contribution >= 4 is 17.7 Å². The molecule has 0 spiro atoms. The van der Waals surface area contributed by atoms with E-state index in [0.29, 0.717) is 24.2 Å². The molecule has 4 rings (SSSR count). The molecule has 0 aliphatic carbocycles. The third-order valence-electron chi connectivity index (χ3n) is 6.48. The van der Waals surface area contributed by atoms with Gasteiger partial charge in [-0.25, -0.2) is 0 Å². The SMILES string of the molecule is CC1CN(CC2CCN(C(=O)c3ccccc3SCC3CCCO3)CC2)CC(C)O1. The van der Waals surface area contributed by atoms with E-state index in [1.165, 1.54) is 0 Å². The average molecular weight is 433 g/mol.